The van der Waals surface area contributed by atoms with Crippen LogP contribution in [-0.2, 0) is 0 Å². The number of carbonyl (C=O) groups is 1. The molecule has 2 aromatic rings. The van der Waals surface area contributed by atoms with Gasteiger partial charge in [-0.05, 0) is 42.3 Å². The van der Waals surface area contributed by atoms with Crippen LogP contribution in [0.25, 0.3) is 0 Å². The Bertz CT molecular complexity index is 479. The predicted octanol–water partition coefficient (Wildman–Crippen LogP) is 2.63. The van der Waals surface area contributed by atoms with Gasteiger partial charge in [-0.2, -0.15) is 0 Å². The van der Waals surface area contributed by atoms with Crippen LogP contribution in [0.4, 0.5) is 0 Å². The van der Waals surface area contributed by atoms with E-state index in [1.165, 1.54) is 11.1 Å². The van der Waals surface area contributed by atoms with Crippen molar-refractivity contribution in [3.8, 4) is 0 Å². The average molecular weight is 279 g/mol. The highest BCUT2D eigenvalue weighted by Gasteiger charge is 2.13. The van der Waals surface area contributed by atoms with E-state index in [2.05, 4.69) is 11.4 Å². The van der Waals surface area contributed by atoms with Crippen LogP contribution in [0.3, 0.4) is 0 Å². The number of carbonyl (C=O) groups excluding carboxylic acids is 1. The summed E-state index contributed by atoms with van der Waals surface area (Å²) in [7, 11) is 0. The molecule has 0 spiro atoms. The summed E-state index contributed by atoms with van der Waals surface area (Å²) in [6.07, 6.45) is 3.01. The van der Waals surface area contributed by atoms with E-state index in [0.717, 1.165) is 12.8 Å². The maximum atomic E-state index is 11.7. The van der Waals surface area contributed by atoms with Crippen molar-refractivity contribution in [2.75, 3.05) is 13.2 Å². The molecule has 0 aliphatic rings. The largest absolute Gasteiger partial charge is 0.459 e. The van der Waals surface area contributed by atoms with E-state index >= 15 is 0 Å². The number of hydrogen-bond acceptors (Lipinski definition) is 4. The monoisotopic (exact) mass is 279 g/mol. The maximum Gasteiger partial charge on any atom is 0.286 e. The lowest BCUT2D eigenvalue weighted by molar-refractivity contribution is 0.0924. The van der Waals surface area contributed by atoms with Crippen LogP contribution in [0.1, 0.15) is 34.2 Å². The highest BCUT2D eigenvalue weighted by atomic mass is 32.1. The van der Waals surface area contributed by atoms with Gasteiger partial charge in [0, 0.05) is 18.0 Å². The number of rotatable bonds is 7. The van der Waals surface area contributed by atoms with Crippen molar-refractivity contribution < 1.29 is 14.3 Å². The smallest absolute Gasteiger partial charge is 0.286 e. The Labute approximate surface area is 116 Å². The second kappa shape index (κ2) is 7.11. The van der Waals surface area contributed by atoms with Gasteiger partial charge in [-0.3, -0.25) is 4.79 Å². The summed E-state index contributed by atoms with van der Waals surface area (Å²) < 4.78 is 5.02. The number of thiophene rings is 1. The first-order valence-corrected chi connectivity index (χ1v) is 7.15. The molecule has 4 nitrogen and oxygen atoms in total. The van der Waals surface area contributed by atoms with Gasteiger partial charge in [0.05, 0.1) is 6.26 Å². The Morgan fingerprint density at radius 1 is 1.37 bits per heavy atom. The summed E-state index contributed by atoms with van der Waals surface area (Å²) in [5.41, 5.74) is 0. The molecule has 5 heteroatoms. The molecule has 0 aliphatic heterocycles. The zero-order chi connectivity index (χ0) is 13.5. The van der Waals surface area contributed by atoms with E-state index in [4.69, 9.17) is 9.52 Å². The molecule has 0 bridgehead atoms. The molecular formula is C14H17NO3S. The molecule has 0 aliphatic carbocycles. The Morgan fingerprint density at radius 3 is 2.89 bits per heavy atom. The minimum Gasteiger partial charge on any atom is -0.459 e. The highest BCUT2D eigenvalue weighted by Crippen LogP contribution is 2.26. The van der Waals surface area contributed by atoms with E-state index < -0.39 is 0 Å². The lowest BCUT2D eigenvalue weighted by Gasteiger charge is -2.14. The molecule has 102 valence electrons. The molecule has 0 saturated heterocycles. The second-order valence-electron chi connectivity index (χ2n) is 4.25. The summed E-state index contributed by atoms with van der Waals surface area (Å²) in [5, 5.41) is 14.0. The van der Waals surface area contributed by atoms with Crippen LogP contribution in [0.15, 0.2) is 40.3 Å². The number of aliphatic hydroxyl groups is 1. The SMILES string of the molecule is O=C(NCCC(CCO)c1cccs1)c1ccco1. The van der Waals surface area contributed by atoms with Crippen LogP contribution in [0.2, 0.25) is 0 Å². The molecular weight excluding hydrogens is 262 g/mol. The summed E-state index contributed by atoms with van der Waals surface area (Å²) in [4.78, 5) is 12.9. The normalized spacial score (nSPS) is 12.3. The molecule has 0 saturated carbocycles. The maximum absolute atomic E-state index is 11.7. The first kappa shape index (κ1) is 13.8. The Morgan fingerprint density at radius 2 is 2.26 bits per heavy atom. The van der Waals surface area contributed by atoms with E-state index in [1.54, 1.807) is 23.5 Å². The molecule has 0 radical (unpaired) electrons. The van der Waals surface area contributed by atoms with Gasteiger partial charge in [0.15, 0.2) is 5.76 Å². The fraction of sp³-hybridized carbons (Fsp3) is 0.357. The third kappa shape index (κ3) is 3.94. The third-order valence-corrected chi connectivity index (χ3v) is 3.98. The number of nitrogens with one attached hydrogen (secondary N) is 1. The van der Waals surface area contributed by atoms with Crippen LogP contribution >= 0.6 is 11.3 Å². The molecule has 19 heavy (non-hydrogen) atoms. The predicted molar refractivity (Wildman–Crippen MR) is 74.4 cm³/mol. The molecule has 2 heterocycles. The molecule has 1 amide bonds. The lowest BCUT2D eigenvalue weighted by Crippen LogP contribution is -2.25. The molecule has 2 rings (SSSR count). The summed E-state index contributed by atoms with van der Waals surface area (Å²) in [5.74, 6) is 0.427. The van der Waals surface area contributed by atoms with Crippen LogP contribution in [0.5, 0.6) is 0 Å². The van der Waals surface area contributed by atoms with Crippen molar-refractivity contribution in [2.45, 2.75) is 18.8 Å². The second-order valence-corrected chi connectivity index (χ2v) is 5.23. The fourth-order valence-corrected chi connectivity index (χ4v) is 2.86. The van der Waals surface area contributed by atoms with Crippen molar-refractivity contribution in [2.24, 2.45) is 0 Å². The summed E-state index contributed by atoms with van der Waals surface area (Å²) >= 11 is 1.69. The average Bonchev–Trinajstić information content (AvgIpc) is 3.10. The Balaban J connectivity index is 1.81. The van der Waals surface area contributed by atoms with Gasteiger partial charge in [0.2, 0.25) is 0 Å². The molecule has 1 unspecified atom stereocenters. The Hall–Kier alpha value is -1.59. The molecule has 2 N–H and O–H groups in total. The third-order valence-electron chi connectivity index (χ3n) is 2.95. The Kier molecular flexibility index (Phi) is 5.18. The van der Waals surface area contributed by atoms with Gasteiger partial charge < -0.3 is 14.8 Å². The lowest BCUT2D eigenvalue weighted by atomic mass is 10.00. The first-order valence-electron chi connectivity index (χ1n) is 6.27. The topological polar surface area (TPSA) is 62.5 Å². The van der Waals surface area contributed by atoms with Gasteiger partial charge in [-0.1, -0.05) is 6.07 Å². The zero-order valence-electron chi connectivity index (χ0n) is 10.5. The van der Waals surface area contributed by atoms with Crippen molar-refractivity contribution in [3.05, 3.63) is 46.5 Å². The van der Waals surface area contributed by atoms with Crippen molar-refractivity contribution in [1.29, 1.82) is 0 Å². The van der Waals surface area contributed by atoms with Crippen LogP contribution in [0, 0.1) is 0 Å². The minimum atomic E-state index is -0.195. The zero-order valence-corrected chi connectivity index (χ0v) is 11.4. The standard InChI is InChI=1S/C14H17NO3S/c16-8-6-11(13-4-2-10-19-13)5-7-15-14(17)12-3-1-9-18-12/h1-4,9-11,16H,5-8H2,(H,15,17). The van der Waals surface area contributed by atoms with Gasteiger partial charge >= 0.3 is 0 Å². The molecule has 2 aromatic heterocycles. The number of aliphatic hydroxyl groups excluding tert-OH is 1. The quantitative estimate of drug-likeness (QED) is 0.819. The van der Waals surface area contributed by atoms with Gasteiger partial charge in [0.1, 0.15) is 0 Å². The molecule has 0 aromatic carbocycles. The van der Waals surface area contributed by atoms with Gasteiger partial charge in [-0.15, -0.1) is 11.3 Å². The van der Waals surface area contributed by atoms with E-state index in [1.807, 2.05) is 11.4 Å². The van der Waals surface area contributed by atoms with E-state index in [9.17, 15) is 4.79 Å². The van der Waals surface area contributed by atoms with Crippen molar-refractivity contribution in [3.63, 3.8) is 0 Å². The number of amides is 1. The fourth-order valence-electron chi connectivity index (χ4n) is 1.96. The molecule has 0 fully saturated rings. The van der Waals surface area contributed by atoms with Crippen LogP contribution in [-0.4, -0.2) is 24.2 Å². The summed E-state index contributed by atoms with van der Waals surface area (Å²) in [6.45, 7) is 0.733. The van der Waals surface area contributed by atoms with Crippen LogP contribution < -0.4 is 5.32 Å². The number of furan rings is 1. The van der Waals surface area contributed by atoms with Crippen molar-refractivity contribution >= 4 is 17.2 Å². The summed E-state index contributed by atoms with van der Waals surface area (Å²) in [6, 6.07) is 7.40. The van der Waals surface area contributed by atoms with Gasteiger partial charge in [0.25, 0.3) is 5.91 Å². The van der Waals surface area contributed by atoms with Gasteiger partial charge in [-0.25, -0.2) is 0 Å². The van der Waals surface area contributed by atoms with Crippen molar-refractivity contribution in [1.82, 2.24) is 5.32 Å². The minimum absolute atomic E-state index is 0.161. The molecule has 1 atom stereocenters. The van der Waals surface area contributed by atoms with E-state index in [0.29, 0.717) is 18.2 Å². The highest BCUT2D eigenvalue weighted by molar-refractivity contribution is 7.10. The van der Waals surface area contributed by atoms with E-state index in [-0.39, 0.29) is 12.5 Å². The number of hydrogen-bond donors (Lipinski definition) is 2. The first-order chi connectivity index (χ1) is 9.31.